The third kappa shape index (κ3) is 3.78. The summed E-state index contributed by atoms with van der Waals surface area (Å²) in [5.74, 6) is 0.811. The highest BCUT2D eigenvalue weighted by Gasteiger charge is 2.23. The number of rotatable bonds is 5. The first-order valence-electron chi connectivity index (χ1n) is 7.53. The molecule has 0 bridgehead atoms. The molecule has 1 aliphatic rings. The number of urea groups is 1. The van der Waals surface area contributed by atoms with Crippen molar-refractivity contribution in [2.45, 2.75) is 33.2 Å². The molecule has 0 aliphatic carbocycles. The topological polar surface area (TPSA) is 41.6 Å². The molecular formula is C17H24N2O2. The molecule has 0 fully saturated rings. The molecule has 4 nitrogen and oxygen atoms in total. The number of hydrogen-bond donors (Lipinski definition) is 1. The van der Waals surface area contributed by atoms with Crippen LogP contribution >= 0.6 is 0 Å². The molecule has 1 heterocycles. The summed E-state index contributed by atoms with van der Waals surface area (Å²) in [4.78, 5) is 14.1. The number of amides is 2. The quantitative estimate of drug-likeness (QED) is 0.844. The van der Waals surface area contributed by atoms with Crippen molar-refractivity contribution < 1.29 is 9.53 Å². The highest BCUT2D eigenvalue weighted by Crippen LogP contribution is 2.22. The average Bonchev–Trinajstić information content (AvgIpc) is 2.96. The van der Waals surface area contributed by atoms with Crippen LogP contribution in [0.3, 0.4) is 0 Å². The van der Waals surface area contributed by atoms with Crippen LogP contribution in [0.4, 0.5) is 4.79 Å². The van der Waals surface area contributed by atoms with Gasteiger partial charge < -0.3 is 15.0 Å². The van der Waals surface area contributed by atoms with Gasteiger partial charge in [-0.25, -0.2) is 4.79 Å². The number of benzene rings is 1. The van der Waals surface area contributed by atoms with Crippen LogP contribution in [0.25, 0.3) is 0 Å². The van der Waals surface area contributed by atoms with Crippen LogP contribution in [0.2, 0.25) is 0 Å². The first-order valence-corrected chi connectivity index (χ1v) is 7.53. The summed E-state index contributed by atoms with van der Waals surface area (Å²) in [6.45, 7) is 6.37. The minimum absolute atomic E-state index is 0.00669. The Morgan fingerprint density at radius 3 is 2.48 bits per heavy atom. The van der Waals surface area contributed by atoms with E-state index in [0.29, 0.717) is 6.54 Å². The number of carbonyl (C=O) groups is 1. The summed E-state index contributed by atoms with van der Waals surface area (Å²) in [5.41, 5.74) is 3.87. The molecular weight excluding hydrogens is 264 g/mol. The number of nitrogens with one attached hydrogen (secondary N) is 1. The molecule has 1 aliphatic heterocycles. The molecule has 2 rings (SSSR count). The summed E-state index contributed by atoms with van der Waals surface area (Å²) < 4.78 is 5.19. The van der Waals surface area contributed by atoms with E-state index in [1.165, 1.54) is 11.1 Å². The summed E-state index contributed by atoms with van der Waals surface area (Å²) in [7, 11) is 1.64. The lowest BCUT2D eigenvalue weighted by molar-refractivity contribution is 0.209. The molecule has 1 aromatic carbocycles. The molecule has 21 heavy (non-hydrogen) atoms. The fourth-order valence-corrected chi connectivity index (χ4v) is 2.68. The van der Waals surface area contributed by atoms with Gasteiger partial charge in [0.05, 0.1) is 7.11 Å². The van der Waals surface area contributed by atoms with E-state index in [2.05, 4.69) is 19.2 Å². The van der Waals surface area contributed by atoms with E-state index in [9.17, 15) is 4.79 Å². The smallest absolute Gasteiger partial charge is 0.318 e. The van der Waals surface area contributed by atoms with E-state index in [1.807, 2.05) is 29.2 Å². The Morgan fingerprint density at radius 1 is 1.24 bits per heavy atom. The SMILES string of the molecule is CCC1=C(CC)CN(C(=O)NCc2cccc(OC)c2)C1. The van der Waals surface area contributed by atoms with E-state index in [-0.39, 0.29) is 6.03 Å². The normalized spacial score (nSPS) is 14.5. The van der Waals surface area contributed by atoms with Gasteiger partial charge in [0.2, 0.25) is 0 Å². The third-order valence-electron chi connectivity index (χ3n) is 3.98. The van der Waals surface area contributed by atoms with E-state index in [0.717, 1.165) is 37.2 Å². The minimum Gasteiger partial charge on any atom is -0.497 e. The second kappa shape index (κ2) is 7.16. The fraction of sp³-hybridized carbons (Fsp3) is 0.471. The lowest BCUT2D eigenvalue weighted by Crippen LogP contribution is -2.38. The van der Waals surface area contributed by atoms with Crippen molar-refractivity contribution in [2.24, 2.45) is 0 Å². The van der Waals surface area contributed by atoms with Crippen molar-refractivity contribution in [3.8, 4) is 5.75 Å². The predicted octanol–water partition coefficient (Wildman–Crippen LogP) is 3.34. The maximum atomic E-state index is 12.3. The summed E-state index contributed by atoms with van der Waals surface area (Å²) in [6, 6.07) is 7.77. The first kappa shape index (κ1) is 15.4. The van der Waals surface area contributed by atoms with Crippen LogP contribution in [-0.4, -0.2) is 31.1 Å². The number of ether oxygens (including phenoxy) is 1. The Labute approximate surface area is 126 Å². The van der Waals surface area contributed by atoms with Crippen LogP contribution in [0.5, 0.6) is 5.75 Å². The Hall–Kier alpha value is -1.97. The Kier molecular flexibility index (Phi) is 5.26. The maximum Gasteiger partial charge on any atom is 0.318 e. The van der Waals surface area contributed by atoms with Crippen LogP contribution in [-0.2, 0) is 6.54 Å². The van der Waals surface area contributed by atoms with Gasteiger partial charge in [0.25, 0.3) is 0 Å². The van der Waals surface area contributed by atoms with Gasteiger partial charge >= 0.3 is 6.03 Å². The van der Waals surface area contributed by atoms with Crippen LogP contribution in [0.15, 0.2) is 35.4 Å². The predicted molar refractivity (Wildman–Crippen MR) is 84.4 cm³/mol. The van der Waals surface area contributed by atoms with Crippen molar-refractivity contribution in [1.29, 1.82) is 0 Å². The van der Waals surface area contributed by atoms with Gasteiger partial charge in [0, 0.05) is 19.6 Å². The largest absolute Gasteiger partial charge is 0.497 e. The Morgan fingerprint density at radius 2 is 1.90 bits per heavy atom. The molecule has 2 amide bonds. The van der Waals surface area contributed by atoms with E-state index >= 15 is 0 Å². The monoisotopic (exact) mass is 288 g/mol. The van der Waals surface area contributed by atoms with Crippen molar-refractivity contribution in [3.05, 3.63) is 41.0 Å². The third-order valence-corrected chi connectivity index (χ3v) is 3.98. The summed E-state index contributed by atoms with van der Waals surface area (Å²) in [5, 5.41) is 2.99. The van der Waals surface area contributed by atoms with Crippen molar-refractivity contribution in [2.75, 3.05) is 20.2 Å². The highest BCUT2D eigenvalue weighted by atomic mass is 16.5. The van der Waals surface area contributed by atoms with Gasteiger partial charge in [-0.15, -0.1) is 0 Å². The van der Waals surface area contributed by atoms with Crippen LogP contribution in [0.1, 0.15) is 32.3 Å². The van der Waals surface area contributed by atoms with Crippen molar-refractivity contribution in [1.82, 2.24) is 10.2 Å². The minimum atomic E-state index is 0.00669. The lowest BCUT2D eigenvalue weighted by Gasteiger charge is -2.18. The lowest BCUT2D eigenvalue weighted by atomic mass is 10.1. The fourth-order valence-electron chi connectivity index (χ4n) is 2.68. The van der Waals surface area contributed by atoms with Gasteiger partial charge in [-0.2, -0.15) is 0 Å². The second-order valence-corrected chi connectivity index (χ2v) is 5.28. The maximum absolute atomic E-state index is 12.3. The van der Waals surface area contributed by atoms with Gasteiger partial charge in [0.1, 0.15) is 5.75 Å². The molecule has 0 atom stereocenters. The molecule has 0 radical (unpaired) electrons. The van der Waals surface area contributed by atoms with E-state index in [1.54, 1.807) is 7.11 Å². The number of hydrogen-bond acceptors (Lipinski definition) is 2. The van der Waals surface area contributed by atoms with Crippen LogP contribution in [0, 0.1) is 0 Å². The standard InChI is InChI=1S/C17H24N2O2/c1-4-14-11-19(12-15(14)5-2)17(20)18-10-13-7-6-8-16(9-13)21-3/h6-9H,4-5,10-12H2,1-3H3,(H,18,20). The number of nitrogens with zero attached hydrogens (tertiary/aromatic N) is 1. The molecule has 114 valence electrons. The second-order valence-electron chi connectivity index (χ2n) is 5.28. The number of methoxy groups -OCH3 is 1. The highest BCUT2D eigenvalue weighted by molar-refractivity contribution is 5.75. The Balaban J connectivity index is 1.88. The Bertz CT molecular complexity index is 521. The molecule has 1 N–H and O–H groups in total. The van der Waals surface area contributed by atoms with Crippen molar-refractivity contribution in [3.63, 3.8) is 0 Å². The zero-order valence-electron chi connectivity index (χ0n) is 13.1. The van der Waals surface area contributed by atoms with Gasteiger partial charge in [-0.05, 0) is 30.5 Å². The zero-order chi connectivity index (χ0) is 15.2. The molecule has 1 aromatic rings. The first-order chi connectivity index (χ1) is 10.2. The van der Waals surface area contributed by atoms with E-state index < -0.39 is 0 Å². The zero-order valence-corrected chi connectivity index (χ0v) is 13.1. The summed E-state index contributed by atoms with van der Waals surface area (Å²) >= 11 is 0. The molecule has 0 spiro atoms. The molecule has 4 heteroatoms. The average molecular weight is 288 g/mol. The van der Waals surface area contributed by atoms with Crippen molar-refractivity contribution >= 4 is 6.03 Å². The molecule has 0 unspecified atom stereocenters. The summed E-state index contributed by atoms with van der Waals surface area (Å²) in [6.07, 6.45) is 2.06. The van der Waals surface area contributed by atoms with Gasteiger partial charge in [0.15, 0.2) is 0 Å². The molecule has 0 saturated carbocycles. The van der Waals surface area contributed by atoms with E-state index in [4.69, 9.17) is 4.74 Å². The van der Waals surface area contributed by atoms with Crippen LogP contribution < -0.4 is 10.1 Å². The van der Waals surface area contributed by atoms with Gasteiger partial charge in [-0.1, -0.05) is 37.1 Å². The number of carbonyl (C=O) groups excluding carboxylic acids is 1. The molecule has 0 saturated heterocycles. The molecule has 0 aromatic heterocycles. The van der Waals surface area contributed by atoms with Gasteiger partial charge in [-0.3, -0.25) is 0 Å².